The summed E-state index contributed by atoms with van der Waals surface area (Å²) in [6.45, 7) is 1.89. The molecule has 0 aliphatic rings. The van der Waals surface area contributed by atoms with Crippen molar-refractivity contribution in [2.75, 3.05) is 5.32 Å². The average Bonchev–Trinajstić information content (AvgIpc) is 3.48. The number of benzene rings is 3. The van der Waals surface area contributed by atoms with Crippen LogP contribution < -0.4 is 16.3 Å². The Hall–Kier alpha value is -5.21. The maximum atomic E-state index is 14.6. The highest BCUT2D eigenvalue weighted by atomic mass is 35.5. The van der Waals surface area contributed by atoms with Gasteiger partial charge in [-0.1, -0.05) is 60.1 Å². The van der Waals surface area contributed by atoms with Gasteiger partial charge in [0, 0.05) is 40.4 Å². The van der Waals surface area contributed by atoms with Crippen molar-refractivity contribution >= 4 is 50.1 Å². The number of rotatable bonds is 5. The van der Waals surface area contributed by atoms with Gasteiger partial charge in [-0.2, -0.15) is 0 Å². The Labute approximate surface area is 238 Å². The van der Waals surface area contributed by atoms with Gasteiger partial charge in [-0.05, 0) is 42.3 Å². The lowest BCUT2D eigenvalue weighted by atomic mass is 9.95. The maximum absolute atomic E-state index is 14.6. The van der Waals surface area contributed by atoms with E-state index in [1.54, 1.807) is 10.8 Å². The minimum Gasteiger partial charge on any atom is -0.361 e. The van der Waals surface area contributed by atoms with Crippen molar-refractivity contribution in [1.29, 1.82) is 0 Å². The molecule has 0 saturated heterocycles. The first kappa shape index (κ1) is 24.8. The highest BCUT2D eigenvalue weighted by molar-refractivity contribution is 6.36. The molecule has 3 aromatic carbocycles. The predicted octanol–water partition coefficient (Wildman–Crippen LogP) is 6.60. The summed E-state index contributed by atoms with van der Waals surface area (Å²) >= 11 is 7.23. The van der Waals surface area contributed by atoms with Crippen molar-refractivity contribution in [3.8, 4) is 16.8 Å². The third-order valence-corrected chi connectivity index (χ3v) is 7.79. The van der Waals surface area contributed by atoms with Crippen molar-refractivity contribution in [3.05, 3.63) is 129 Å². The molecule has 8 nitrogen and oxygen atoms in total. The molecule has 0 aliphatic carbocycles. The number of nitrogens with one attached hydrogen (secondary N) is 3. The molecule has 0 unspecified atom stereocenters. The van der Waals surface area contributed by atoms with Crippen LogP contribution >= 0.6 is 11.6 Å². The summed E-state index contributed by atoms with van der Waals surface area (Å²) < 4.78 is 1.65. The second-order valence-electron chi connectivity index (χ2n) is 9.80. The van der Waals surface area contributed by atoms with E-state index in [1.165, 1.54) is 12.4 Å². The largest absolute Gasteiger partial charge is 0.361 e. The van der Waals surface area contributed by atoms with E-state index >= 15 is 0 Å². The van der Waals surface area contributed by atoms with E-state index in [9.17, 15) is 9.59 Å². The lowest BCUT2D eigenvalue weighted by Gasteiger charge is -2.24. The number of H-pyrrole nitrogens is 2. The van der Waals surface area contributed by atoms with Crippen LogP contribution in [0.4, 0.5) is 5.82 Å². The third kappa shape index (κ3) is 3.99. The number of anilines is 1. The topological polar surface area (TPSA) is 108 Å². The number of hydrogen-bond acceptors (Lipinski definition) is 5. The molecule has 7 rings (SSSR count). The zero-order valence-electron chi connectivity index (χ0n) is 21.9. The molecule has 0 fully saturated rings. The van der Waals surface area contributed by atoms with Gasteiger partial charge >= 0.3 is 0 Å². The Bertz CT molecular complexity index is 2210. The zero-order chi connectivity index (χ0) is 28.1. The summed E-state index contributed by atoms with van der Waals surface area (Å²) in [7, 11) is 0. The lowest BCUT2D eigenvalue weighted by Crippen LogP contribution is -2.27. The average molecular weight is 559 g/mol. The SMILES string of the molecule is C[C@H](Nc1ncnc2[nH]ccc(=O)c12)c1c(Cl)c2cccc(-c3cccc4[nH]ccc34)c2c(=O)n1-c1ccccc1. The summed E-state index contributed by atoms with van der Waals surface area (Å²) in [6, 6.07) is 24.1. The molecule has 3 N–H and O–H groups in total. The maximum Gasteiger partial charge on any atom is 0.263 e. The minimum absolute atomic E-state index is 0.201. The lowest BCUT2D eigenvalue weighted by molar-refractivity contribution is 0.774. The van der Waals surface area contributed by atoms with Crippen molar-refractivity contribution in [1.82, 2.24) is 24.5 Å². The summed E-state index contributed by atoms with van der Waals surface area (Å²) in [5.74, 6) is 0.348. The Morgan fingerprint density at radius 1 is 0.805 bits per heavy atom. The quantitative estimate of drug-likeness (QED) is 0.221. The Kier molecular flexibility index (Phi) is 5.91. The van der Waals surface area contributed by atoms with Crippen molar-refractivity contribution in [2.24, 2.45) is 0 Å². The molecule has 0 bridgehead atoms. The first-order chi connectivity index (χ1) is 20.0. The smallest absolute Gasteiger partial charge is 0.263 e. The van der Waals surface area contributed by atoms with Gasteiger partial charge in [-0.15, -0.1) is 0 Å². The highest BCUT2D eigenvalue weighted by Gasteiger charge is 2.24. The predicted molar refractivity (Wildman–Crippen MR) is 164 cm³/mol. The third-order valence-electron chi connectivity index (χ3n) is 7.40. The van der Waals surface area contributed by atoms with Gasteiger partial charge in [-0.25, -0.2) is 9.97 Å². The number of aromatic nitrogens is 5. The number of nitrogens with zero attached hydrogens (tertiary/aromatic N) is 3. The molecular formula is C32H23ClN6O2. The van der Waals surface area contributed by atoms with Gasteiger partial charge in [-0.3, -0.25) is 14.2 Å². The molecule has 9 heteroatoms. The first-order valence-corrected chi connectivity index (χ1v) is 13.5. The summed E-state index contributed by atoms with van der Waals surface area (Å²) in [5.41, 5.74) is 3.93. The second kappa shape index (κ2) is 9.76. The molecule has 0 aliphatic heterocycles. The molecule has 4 aromatic heterocycles. The number of para-hydroxylation sites is 1. The molecule has 200 valence electrons. The standard InChI is InChI=1S/C32H23ClN6O2/c1-18(38-31-27-25(40)14-16-35-30(27)36-17-37-31)29-28(33)23-11-5-10-22(20-9-6-12-24-21(20)13-15-34-24)26(23)32(41)39(29)19-7-3-2-4-8-19/h2-18,34H,1H3,(H2,35,36,37,38,40)/t18-/m0/s1. The number of pyridine rings is 2. The zero-order valence-corrected chi connectivity index (χ0v) is 22.6. The van der Waals surface area contributed by atoms with Crippen LogP contribution in [-0.4, -0.2) is 24.5 Å². The van der Waals surface area contributed by atoms with E-state index in [0.29, 0.717) is 44.0 Å². The molecule has 4 heterocycles. The second-order valence-corrected chi connectivity index (χ2v) is 10.2. The Morgan fingerprint density at radius 2 is 1.59 bits per heavy atom. The van der Waals surface area contributed by atoms with Crippen LogP contribution in [-0.2, 0) is 0 Å². The molecule has 1 atom stereocenters. The normalized spacial score (nSPS) is 12.2. The van der Waals surface area contributed by atoms with Gasteiger partial charge in [0.2, 0.25) is 0 Å². The van der Waals surface area contributed by atoms with Gasteiger partial charge < -0.3 is 15.3 Å². The molecule has 0 saturated carbocycles. The monoisotopic (exact) mass is 558 g/mol. The van der Waals surface area contributed by atoms with Gasteiger partial charge in [0.25, 0.3) is 5.56 Å². The van der Waals surface area contributed by atoms with Crippen LogP contribution in [0.3, 0.4) is 0 Å². The molecule has 0 amide bonds. The fourth-order valence-corrected chi connectivity index (χ4v) is 5.98. The van der Waals surface area contributed by atoms with Crippen LogP contribution in [0.5, 0.6) is 0 Å². The number of aromatic amines is 2. The van der Waals surface area contributed by atoms with Crippen LogP contribution in [0.15, 0.2) is 107 Å². The Morgan fingerprint density at radius 3 is 2.44 bits per heavy atom. The Balaban J connectivity index is 1.51. The van der Waals surface area contributed by atoms with E-state index in [0.717, 1.165) is 22.0 Å². The molecule has 41 heavy (non-hydrogen) atoms. The van der Waals surface area contributed by atoms with Crippen LogP contribution in [0.25, 0.3) is 49.5 Å². The van der Waals surface area contributed by atoms with Crippen LogP contribution in [0.2, 0.25) is 5.02 Å². The summed E-state index contributed by atoms with van der Waals surface area (Å²) in [6.07, 6.45) is 4.82. The summed E-state index contributed by atoms with van der Waals surface area (Å²) in [4.78, 5) is 42.1. The molecule has 0 radical (unpaired) electrons. The van der Waals surface area contributed by atoms with Gasteiger partial charge in [0.05, 0.1) is 22.1 Å². The minimum atomic E-state index is -0.519. The van der Waals surface area contributed by atoms with E-state index in [-0.39, 0.29) is 11.0 Å². The van der Waals surface area contributed by atoms with Crippen molar-refractivity contribution in [3.63, 3.8) is 0 Å². The van der Waals surface area contributed by atoms with E-state index in [2.05, 4.69) is 25.3 Å². The van der Waals surface area contributed by atoms with E-state index < -0.39 is 6.04 Å². The number of hydrogen-bond donors (Lipinski definition) is 3. The van der Waals surface area contributed by atoms with Gasteiger partial charge in [0.1, 0.15) is 23.2 Å². The van der Waals surface area contributed by atoms with Crippen molar-refractivity contribution in [2.45, 2.75) is 13.0 Å². The van der Waals surface area contributed by atoms with E-state index in [4.69, 9.17) is 11.6 Å². The van der Waals surface area contributed by atoms with Gasteiger partial charge in [0.15, 0.2) is 5.43 Å². The number of halogens is 1. The van der Waals surface area contributed by atoms with Crippen LogP contribution in [0, 0.1) is 0 Å². The van der Waals surface area contributed by atoms with E-state index in [1.807, 2.05) is 85.9 Å². The van der Waals surface area contributed by atoms with Crippen LogP contribution in [0.1, 0.15) is 18.7 Å². The highest BCUT2D eigenvalue weighted by Crippen LogP contribution is 2.38. The summed E-state index contributed by atoms with van der Waals surface area (Å²) in [5, 5.41) is 6.27. The molecule has 0 spiro atoms. The fourth-order valence-electron chi connectivity index (χ4n) is 5.58. The van der Waals surface area contributed by atoms with Crippen molar-refractivity contribution < 1.29 is 0 Å². The first-order valence-electron chi connectivity index (χ1n) is 13.1. The number of fused-ring (bicyclic) bond motifs is 3. The molecule has 7 aromatic rings. The fraction of sp³-hybridized carbons (Fsp3) is 0.0625. The molecular weight excluding hydrogens is 536 g/mol.